The molecule has 2 aliphatic rings. The second-order valence-electron chi connectivity index (χ2n) is 7.18. The summed E-state index contributed by atoms with van der Waals surface area (Å²) in [5.74, 6) is 3.27. The molecule has 0 bridgehead atoms. The third kappa shape index (κ3) is 2.96. The van der Waals surface area contributed by atoms with Crippen molar-refractivity contribution in [2.45, 2.75) is 31.2 Å². The average molecular weight is 399 g/mol. The quantitative estimate of drug-likeness (QED) is 0.698. The Morgan fingerprint density at radius 1 is 1.32 bits per heavy atom. The molecule has 2 atom stereocenters. The van der Waals surface area contributed by atoms with E-state index < -0.39 is 0 Å². The zero-order chi connectivity index (χ0) is 19.3. The number of nitrogens with zero attached hydrogens (tertiary/aromatic N) is 6. The van der Waals surface area contributed by atoms with Crippen LogP contribution in [0.1, 0.15) is 23.1 Å². The van der Waals surface area contributed by atoms with Crippen LogP contribution < -0.4 is 10.9 Å². The van der Waals surface area contributed by atoms with E-state index in [-0.39, 0.29) is 17.6 Å². The lowest BCUT2D eigenvalue weighted by Gasteiger charge is -2.23. The predicted octanol–water partition coefficient (Wildman–Crippen LogP) is 1.07. The van der Waals surface area contributed by atoms with Gasteiger partial charge in [-0.05, 0) is 18.2 Å². The normalized spacial score (nSPS) is 21.8. The molecule has 3 aromatic heterocycles. The van der Waals surface area contributed by atoms with E-state index in [1.165, 1.54) is 0 Å². The number of hydrogen-bond donors (Lipinski definition) is 1. The Morgan fingerprint density at radius 3 is 3.11 bits per heavy atom. The van der Waals surface area contributed by atoms with Crippen LogP contribution >= 0.6 is 11.8 Å². The van der Waals surface area contributed by atoms with Gasteiger partial charge in [-0.25, -0.2) is 14.6 Å². The van der Waals surface area contributed by atoms with Gasteiger partial charge in [0, 0.05) is 25.3 Å². The van der Waals surface area contributed by atoms with E-state index in [1.807, 2.05) is 25.7 Å². The minimum absolute atomic E-state index is 0.0751. The molecule has 1 fully saturated rings. The van der Waals surface area contributed by atoms with Crippen LogP contribution in [0.3, 0.4) is 0 Å². The molecule has 146 valence electrons. The fourth-order valence-corrected chi connectivity index (χ4v) is 4.76. The number of aryl methyl sites for hydroxylation is 3. The SMILES string of the molecule is Cc1nc(NC2COCC2n2nc3c(cc2=O)CSCC3)c2cnn(C)c2n1. The van der Waals surface area contributed by atoms with Gasteiger partial charge in [-0.1, -0.05) is 0 Å². The summed E-state index contributed by atoms with van der Waals surface area (Å²) in [6.07, 6.45) is 2.65. The predicted molar refractivity (Wildman–Crippen MR) is 107 cm³/mol. The van der Waals surface area contributed by atoms with Crippen LogP contribution in [0.4, 0.5) is 5.82 Å². The van der Waals surface area contributed by atoms with Crippen molar-refractivity contribution >= 4 is 28.6 Å². The topological polar surface area (TPSA) is 99.8 Å². The fraction of sp³-hybridized carbons (Fsp3) is 0.500. The molecule has 3 aromatic rings. The first-order valence-corrected chi connectivity index (χ1v) is 10.5. The lowest BCUT2D eigenvalue weighted by atomic mass is 10.1. The van der Waals surface area contributed by atoms with Crippen LogP contribution in [0.2, 0.25) is 0 Å². The number of thioether (sulfide) groups is 1. The first kappa shape index (κ1) is 17.6. The number of aromatic nitrogens is 6. The zero-order valence-corrected chi connectivity index (χ0v) is 16.6. The molecule has 2 unspecified atom stereocenters. The highest BCUT2D eigenvalue weighted by Crippen LogP contribution is 2.27. The van der Waals surface area contributed by atoms with Crippen LogP contribution in [0.15, 0.2) is 17.1 Å². The molecule has 0 radical (unpaired) electrons. The van der Waals surface area contributed by atoms with Crippen LogP contribution in [0.5, 0.6) is 0 Å². The molecule has 10 heteroatoms. The molecule has 5 heterocycles. The maximum atomic E-state index is 12.7. The van der Waals surface area contributed by atoms with Gasteiger partial charge in [-0.3, -0.25) is 9.48 Å². The Balaban J connectivity index is 1.50. The van der Waals surface area contributed by atoms with Gasteiger partial charge in [0.1, 0.15) is 17.7 Å². The van der Waals surface area contributed by atoms with Gasteiger partial charge >= 0.3 is 0 Å². The highest BCUT2D eigenvalue weighted by atomic mass is 32.2. The maximum absolute atomic E-state index is 12.7. The number of nitrogens with one attached hydrogen (secondary N) is 1. The number of anilines is 1. The highest BCUT2D eigenvalue weighted by Gasteiger charge is 2.33. The lowest BCUT2D eigenvalue weighted by molar-refractivity contribution is 0.182. The summed E-state index contributed by atoms with van der Waals surface area (Å²) in [5, 5.41) is 13.3. The molecule has 5 rings (SSSR count). The van der Waals surface area contributed by atoms with E-state index in [4.69, 9.17) is 9.84 Å². The van der Waals surface area contributed by atoms with Gasteiger partial charge in [-0.2, -0.15) is 22.0 Å². The van der Waals surface area contributed by atoms with Crippen molar-refractivity contribution in [1.82, 2.24) is 29.5 Å². The second-order valence-corrected chi connectivity index (χ2v) is 8.29. The molecule has 2 aliphatic heterocycles. The summed E-state index contributed by atoms with van der Waals surface area (Å²) in [7, 11) is 1.86. The number of rotatable bonds is 3. The van der Waals surface area contributed by atoms with Crippen LogP contribution in [-0.4, -0.2) is 54.5 Å². The van der Waals surface area contributed by atoms with Gasteiger partial charge in [0.05, 0.1) is 36.5 Å². The van der Waals surface area contributed by atoms with Crippen LogP contribution in [0.25, 0.3) is 11.0 Å². The third-order valence-corrected chi connectivity index (χ3v) is 6.26. The van der Waals surface area contributed by atoms with Crippen molar-refractivity contribution in [2.24, 2.45) is 7.05 Å². The second kappa shape index (κ2) is 6.85. The van der Waals surface area contributed by atoms with Crippen molar-refractivity contribution in [1.29, 1.82) is 0 Å². The van der Waals surface area contributed by atoms with Crippen molar-refractivity contribution in [2.75, 3.05) is 24.3 Å². The Bertz CT molecular complexity index is 1110. The molecular formula is C18H21N7O2S. The molecule has 1 N–H and O–H groups in total. The molecule has 9 nitrogen and oxygen atoms in total. The standard InChI is InChI=1S/C18H21N7O2S/c1-10-20-17(12-6-19-24(2)18(12)21-10)22-14-7-27-8-15(14)25-16(26)5-11-9-28-4-3-13(11)23-25/h5-6,14-15H,3-4,7-9H2,1-2H3,(H,20,21,22). The van der Waals surface area contributed by atoms with Crippen molar-refractivity contribution in [3.63, 3.8) is 0 Å². The van der Waals surface area contributed by atoms with E-state index >= 15 is 0 Å². The maximum Gasteiger partial charge on any atom is 0.267 e. The molecule has 0 aromatic carbocycles. The summed E-state index contributed by atoms with van der Waals surface area (Å²) < 4.78 is 9.03. The molecule has 1 saturated heterocycles. The van der Waals surface area contributed by atoms with E-state index in [2.05, 4.69) is 20.4 Å². The van der Waals surface area contributed by atoms with Gasteiger partial charge in [0.25, 0.3) is 5.56 Å². The highest BCUT2D eigenvalue weighted by molar-refractivity contribution is 7.98. The van der Waals surface area contributed by atoms with Gasteiger partial charge in [0.2, 0.25) is 0 Å². The molecular weight excluding hydrogens is 378 g/mol. The van der Waals surface area contributed by atoms with Crippen molar-refractivity contribution < 1.29 is 4.74 Å². The Labute approximate surface area is 165 Å². The number of ether oxygens (including phenoxy) is 1. The van der Waals surface area contributed by atoms with Gasteiger partial charge in [0.15, 0.2) is 5.65 Å². The minimum atomic E-state index is -0.186. The van der Waals surface area contributed by atoms with Crippen molar-refractivity contribution in [3.8, 4) is 0 Å². The fourth-order valence-electron chi connectivity index (χ4n) is 3.80. The Morgan fingerprint density at radius 2 is 2.21 bits per heavy atom. The Kier molecular flexibility index (Phi) is 4.31. The Hall–Kier alpha value is -2.46. The van der Waals surface area contributed by atoms with E-state index in [0.29, 0.717) is 24.9 Å². The van der Waals surface area contributed by atoms with Crippen LogP contribution in [-0.2, 0) is 24.0 Å². The third-order valence-electron chi connectivity index (χ3n) is 5.25. The number of fused-ring (bicyclic) bond motifs is 2. The van der Waals surface area contributed by atoms with E-state index in [9.17, 15) is 4.79 Å². The van der Waals surface area contributed by atoms with Crippen LogP contribution in [0, 0.1) is 6.92 Å². The summed E-state index contributed by atoms with van der Waals surface area (Å²) in [5.41, 5.74) is 2.78. The first-order valence-electron chi connectivity index (χ1n) is 9.30. The van der Waals surface area contributed by atoms with E-state index in [1.54, 1.807) is 21.6 Å². The monoisotopic (exact) mass is 399 g/mol. The molecule has 0 amide bonds. The summed E-state index contributed by atoms with van der Waals surface area (Å²) in [4.78, 5) is 21.7. The summed E-state index contributed by atoms with van der Waals surface area (Å²) in [6, 6.07) is 1.44. The smallest absolute Gasteiger partial charge is 0.267 e. The first-order chi connectivity index (χ1) is 13.6. The minimum Gasteiger partial charge on any atom is -0.377 e. The molecule has 28 heavy (non-hydrogen) atoms. The van der Waals surface area contributed by atoms with Gasteiger partial charge < -0.3 is 10.1 Å². The van der Waals surface area contributed by atoms with E-state index in [0.717, 1.165) is 40.2 Å². The summed E-state index contributed by atoms with van der Waals surface area (Å²) >= 11 is 1.84. The lowest BCUT2D eigenvalue weighted by Crippen LogP contribution is -2.38. The molecule has 0 spiro atoms. The van der Waals surface area contributed by atoms with Gasteiger partial charge in [-0.15, -0.1) is 0 Å². The number of hydrogen-bond acceptors (Lipinski definition) is 8. The van der Waals surface area contributed by atoms with Crippen molar-refractivity contribution in [3.05, 3.63) is 39.7 Å². The average Bonchev–Trinajstić information content (AvgIpc) is 3.28. The largest absolute Gasteiger partial charge is 0.377 e. The summed E-state index contributed by atoms with van der Waals surface area (Å²) in [6.45, 7) is 2.78. The molecule has 0 aliphatic carbocycles. The zero-order valence-electron chi connectivity index (χ0n) is 15.8. The molecule has 0 saturated carbocycles.